The van der Waals surface area contributed by atoms with Crippen molar-refractivity contribution in [2.75, 3.05) is 11.9 Å². The molecule has 0 bridgehead atoms. The normalized spacial score (nSPS) is 21.7. The summed E-state index contributed by atoms with van der Waals surface area (Å²) in [6.45, 7) is 2.10. The molecule has 0 saturated heterocycles. The Bertz CT molecular complexity index is 806. The van der Waals surface area contributed by atoms with E-state index in [2.05, 4.69) is 32.2 Å². The Labute approximate surface area is 159 Å². The molecular formula is C19H19BrN2O2S. The minimum Gasteiger partial charge on any atom is -0.396 e. The molecule has 1 fully saturated rings. The maximum Gasteiger partial charge on any atom is 0.229 e. The maximum atomic E-state index is 12.2. The van der Waals surface area contributed by atoms with Crippen LogP contribution < -0.4 is 5.32 Å². The Morgan fingerprint density at radius 1 is 1.48 bits per heavy atom. The number of thiazole rings is 1. The van der Waals surface area contributed by atoms with E-state index in [1.165, 1.54) is 11.3 Å². The molecule has 1 aliphatic rings. The first-order valence-corrected chi connectivity index (χ1v) is 9.75. The van der Waals surface area contributed by atoms with Gasteiger partial charge < -0.3 is 10.4 Å². The smallest absolute Gasteiger partial charge is 0.229 e. The largest absolute Gasteiger partial charge is 0.396 e. The van der Waals surface area contributed by atoms with Gasteiger partial charge in [-0.2, -0.15) is 0 Å². The molecule has 2 aromatic rings. The number of aliphatic hydroxyl groups excluding tert-OH is 1. The third-order valence-electron chi connectivity index (χ3n) is 4.82. The van der Waals surface area contributed by atoms with Crippen LogP contribution >= 0.6 is 27.3 Å². The van der Waals surface area contributed by atoms with Gasteiger partial charge in [0, 0.05) is 22.4 Å². The van der Waals surface area contributed by atoms with Crippen molar-refractivity contribution in [3.8, 4) is 12.3 Å². The van der Waals surface area contributed by atoms with Crippen LogP contribution in [0.2, 0.25) is 0 Å². The molecule has 1 amide bonds. The number of terminal acetylenes is 1. The number of rotatable bonds is 5. The molecule has 0 radical (unpaired) electrons. The van der Waals surface area contributed by atoms with E-state index in [0.29, 0.717) is 5.13 Å². The monoisotopic (exact) mass is 418 g/mol. The van der Waals surface area contributed by atoms with E-state index in [9.17, 15) is 4.79 Å². The lowest BCUT2D eigenvalue weighted by molar-refractivity contribution is -0.124. The highest BCUT2D eigenvalue weighted by Crippen LogP contribution is 2.36. The Kier molecular flexibility index (Phi) is 5.28. The number of halogens is 1. The van der Waals surface area contributed by atoms with Gasteiger partial charge in [-0.1, -0.05) is 34.0 Å². The van der Waals surface area contributed by atoms with Crippen LogP contribution in [0.5, 0.6) is 0 Å². The van der Waals surface area contributed by atoms with Gasteiger partial charge in [0.1, 0.15) is 0 Å². The zero-order valence-electron chi connectivity index (χ0n) is 13.8. The predicted octanol–water partition coefficient (Wildman–Crippen LogP) is 3.80. The fourth-order valence-electron chi connectivity index (χ4n) is 2.96. The highest BCUT2D eigenvalue weighted by molar-refractivity contribution is 9.10. The number of nitrogens with one attached hydrogen (secondary N) is 1. The van der Waals surface area contributed by atoms with Crippen molar-refractivity contribution in [1.29, 1.82) is 0 Å². The van der Waals surface area contributed by atoms with Crippen molar-refractivity contribution in [1.82, 2.24) is 4.98 Å². The van der Waals surface area contributed by atoms with Gasteiger partial charge in [-0.15, -0.1) is 17.8 Å². The highest BCUT2D eigenvalue weighted by Gasteiger charge is 2.35. The summed E-state index contributed by atoms with van der Waals surface area (Å²) < 4.78 is 0.989. The second-order valence-corrected chi connectivity index (χ2v) is 8.29. The predicted molar refractivity (Wildman–Crippen MR) is 103 cm³/mol. The number of hydrogen-bond acceptors (Lipinski definition) is 4. The van der Waals surface area contributed by atoms with Crippen molar-refractivity contribution in [2.45, 2.75) is 25.2 Å². The van der Waals surface area contributed by atoms with E-state index in [0.717, 1.165) is 28.6 Å². The summed E-state index contributed by atoms with van der Waals surface area (Å²) in [5.41, 5.74) is 1.07. The number of nitrogens with zero attached hydrogens (tertiary/aromatic N) is 1. The second-order valence-electron chi connectivity index (χ2n) is 6.52. The minimum absolute atomic E-state index is 0.0309. The molecule has 130 valence electrons. The molecule has 1 atom stereocenters. The fourth-order valence-corrected chi connectivity index (χ4v) is 4.04. The lowest BCUT2D eigenvalue weighted by atomic mass is 9.75. The average molecular weight is 419 g/mol. The van der Waals surface area contributed by atoms with Crippen molar-refractivity contribution in [3.05, 3.63) is 45.4 Å². The molecule has 25 heavy (non-hydrogen) atoms. The van der Waals surface area contributed by atoms with Crippen molar-refractivity contribution in [2.24, 2.45) is 11.8 Å². The first kappa shape index (κ1) is 18.1. The number of carbonyl (C=O) groups excluding carboxylic acids is 1. The Balaban J connectivity index is 1.74. The number of amides is 1. The molecule has 0 aliphatic heterocycles. The van der Waals surface area contributed by atoms with Crippen LogP contribution in [0, 0.1) is 24.2 Å². The molecule has 1 saturated carbocycles. The minimum atomic E-state index is -0.654. The highest BCUT2D eigenvalue weighted by atomic mass is 79.9. The topological polar surface area (TPSA) is 62.2 Å². The third kappa shape index (κ3) is 3.64. The number of benzene rings is 1. The van der Waals surface area contributed by atoms with Crippen LogP contribution in [0.15, 0.2) is 34.1 Å². The first-order chi connectivity index (χ1) is 12.0. The zero-order valence-corrected chi connectivity index (χ0v) is 16.2. The molecule has 1 unspecified atom stereocenters. The van der Waals surface area contributed by atoms with Crippen LogP contribution in [-0.4, -0.2) is 22.6 Å². The summed E-state index contributed by atoms with van der Waals surface area (Å²) in [7, 11) is 0. The molecule has 0 spiro atoms. The molecule has 1 aliphatic carbocycles. The standard InChI is InChI=1S/C19H19BrN2O2S/c1-3-19(2,14-4-6-15(20)7-5-14)16-11-25-18(21-16)22-17(24)13-8-12(9-13)10-23/h1,4-7,11-13,23H,8-10H2,2H3,(H,21,22,24). The van der Waals surface area contributed by atoms with E-state index in [-0.39, 0.29) is 24.3 Å². The molecule has 4 nitrogen and oxygen atoms in total. The van der Waals surface area contributed by atoms with Crippen molar-refractivity contribution < 1.29 is 9.90 Å². The van der Waals surface area contributed by atoms with Gasteiger partial charge in [-0.05, 0) is 43.4 Å². The van der Waals surface area contributed by atoms with Crippen LogP contribution in [0.3, 0.4) is 0 Å². The number of anilines is 1. The molecule has 2 N–H and O–H groups in total. The fraction of sp³-hybridized carbons (Fsp3) is 0.368. The lowest BCUT2D eigenvalue weighted by Gasteiger charge is -2.32. The van der Waals surface area contributed by atoms with Crippen LogP contribution in [0.25, 0.3) is 0 Å². The number of aromatic nitrogens is 1. The Morgan fingerprint density at radius 3 is 2.76 bits per heavy atom. The maximum absolute atomic E-state index is 12.2. The molecule has 3 rings (SSSR count). The van der Waals surface area contributed by atoms with E-state index in [4.69, 9.17) is 11.5 Å². The number of aliphatic hydroxyl groups is 1. The summed E-state index contributed by atoms with van der Waals surface area (Å²) in [4.78, 5) is 16.8. The number of carbonyl (C=O) groups is 1. The molecular weight excluding hydrogens is 400 g/mol. The van der Waals surface area contributed by atoms with Crippen molar-refractivity contribution in [3.63, 3.8) is 0 Å². The van der Waals surface area contributed by atoms with Gasteiger partial charge in [0.25, 0.3) is 0 Å². The van der Waals surface area contributed by atoms with Gasteiger partial charge in [-0.3, -0.25) is 4.79 Å². The van der Waals surface area contributed by atoms with Gasteiger partial charge in [0.15, 0.2) is 5.13 Å². The molecule has 1 aromatic heterocycles. The summed E-state index contributed by atoms with van der Waals surface area (Å²) in [5.74, 6) is 3.04. The van der Waals surface area contributed by atoms with E-state index in [1.54, 1.807) is 0 Å². The molecule has 6 heteroatoms. The second kappa shape index (κ2) is 7.28. The summed E-state index contributed by atoms with van der Waals surface area (Å²) in [6.07, 6.45) is 7.30. The Morgan fingerprint density at radius 2 is 2.16 bits per heavy atom. The molecule has 1 aromatic carbocycles. The molecule has 1 heterocycles. The number of hydrogen-bond donors (Lipinski definition) is 2. The van der Waals surface area contributed by atoms with Gasteiger partial charge in [0.2, 0.25) is 5.91 Å². The van der Waals surface area contributed by atoms with Gasteiger partial charge >= 0.3 is 0 Å². The summed E-state index contributed by atoms with van der Waals surface area (Å²) >= 11 is 4.81. The summed E-state index contributed by atoms with van der Waals surface area (Å²) in [5, 5.41) is 14.4. The Hall–Kier alpha value is -1.68. The lowest BCUT2D eigenvalue weighted by Crippen LogP contribution is -2.36. The van der Waals surface area contributed by atoms with Crippen LogP contribution in [-0.2, 0) is 10.2 Å². The van der Waals surface area contributed by atoms with Gasteiger partial charge in [-0.25, -0.2) is 4.98 Å². The van der Waals surface area contributed by atoms with E-state index >= 15 is 0 Å². The summed E-state index contributed by atoms with van der Waals surface area (Å²) in [6, 6.07) is 7.86. The zero-order chi connectivity index (χ0) is 18.0. The third-order valence-corrected chi connectivity index (χ3v) is 6.11. The SMILES string of the molecule is C#CC(C)(c1ccc(Br)cc1)c1csc(NC(=O)C2CC(CO)C2)n1. The van der Waals surface area contributed by atoms with E-state index < -0.39 is 5.41 Å². The van der Waals surface area contributed by atoms with Gasteiger partial charge in [0.05, 0.1) is 11.1 Å². The van der Waals surface area contributed by atoms with Crippen molar-refractivity contribution >= 4 is 38.3 Å². The van der Waals surface area contributed by atoms with Crippen LogP contribution in [0.1, 0.15) is 31.0 Å². The van der Waals surface area contributed by atoms with E-state index in [1.807, 2.05) is 36.6 Å². The van der Waals surface area contributed by atoms with Crippen LogP contribution in [0.4, 0.5) is 5.13 Å². The average Bonchev–Trinajstić information content (AvgIpc) is 3.03. The quantitative estimate of drug-likeness (QED) is 0.725. The first-order valence-electron chi connectivity index (χ1n) is 8.08.